The molecule has 0 bridgehead atoms. The first-order valence-corrected chi connectivity index (χ1v) is 7.11. The van der Waals surface area contributed by atoms with Gasteiger partial charge in [-0.1, -0.05) is 0 Å². The van der Waals surface area contributed by atoms with Gasteiger partial charge in [-0.3, -0.25) is 19.7 Å². The molecule has 0 amide bonds. The van der Waals surface area contributed by atoms with Crippen LogP contribution in [0.2, 0.25) is 0 Å². The minimum atomic E-state index is -1.64. The standard InChI is InChI=1S/C15H16FNO7/c1-22-14(18)13(15(19)23-2)10(7-17(20)21)9-5-8-3-4-24-12(8)6-11(9)16/h5-6,10,13H,3-4,7H2,1-2H3/t10-/m0/s1. The second-order valence-corrected chi connectivity index (χ2v) is 5.23. The summed E-state index contributed by atoms with van der Waals surface area (Å²) in [6.07, 6.45) is 0.509. The number of hydrogen-bond acceptors (Lipinski definition) is 7. The smallest absolute Gasteiger partial charge is 0.320 e. The maximum atomic E-state index is 14.4. The number of methoxy groups -OCH3 is 2. The van der Waals surface area contributed by atoms with Crippen LogP contribution in [-0.4, -0.2) is 44.2 Å². The Labute approximate surface area is 136 Å². The molecule has 2 rings (SSSR count). The molecule has 1 aliphatic heterocycles. The van der Waals surface area contributed by atoms with Gasteiger partial charge in [0.2, 0.25) is 6.54 Å². The van der Waals surface area contributed by atoms with Crippen LogP contribution < -0.4 is 4.74 Å². The summed E-state index contributed by atoms with van der Waals surface area (Å²) in [6.45, 7) is -0.457. The lowest BCUT2D eigenvalue weighted by Crippen LogP contribution is -2.36. The zero-order chi connectivity index (χ0) is 17.9. The van der Waals surface area contributed by atoms with Crippen molar-refractivity contribution in [3.63, 3.8) is 0 Å². The SMILES string of the molecule is COC(=O)C(C(=O)OC)[C@@H](C[N+](=O)[O-])c1cc2c(cc1F)OCC2. The van der Waals surface area contributed by atoms with E-state index in [0.717, 1.165) is 20.3 Å². The van der Waals surface area contributed by atoms with E-state index in [1.54, 1.807) is 0 Å². The monoisotopic (exact) mass is 341 g/mol. The predicted octanol–water partition coefficient (Wildman–Crippen LogP) is 1.08. The molecule has 0 unspecified atom stereocenters. The Morgan fingerprint density at radius 3 is 2.50 bits per heavy atom. The lowest BCUT2D eigenvalue weighted by atomic mass is 9.84. The van der Waals surface area contributed by atoms with Crippen molar-refractivity contribution in [3.05, 3.63) is 39.2 Å². The summed E-state index contributed by atoms with van der Waals surface area (Å²) in [6, 6.07) is 2.50. The number of ether oxygens (including phenoxy) is 3. The van der Waals surface area contributed by atoms with Gasteiger partial charge in [-0.25, -0.2) is 4.39 Å². The third-order valence-electron chi connectivity index (χ3n) is 3.87. The quantitative estimate of drug-likeness (QED) is 0.330. The van der Waals surface area contributed by atoms with E-state index in [2.05, 4.69) is 9.47 Å². The number of fused-ring (bicyclic) bond motifs is 1. The van der Waals surface area contributed by atoms with Gasteiger partial charge in [0, 0.05) is 17.4 Å². The van der Waals surface area contributed by atoms with Crippen LogP contribution in [0.1, 0.15) is 17.0 Å². The maximum absolute atomic E-state index is 14.4. The Hall–Kier alpha value is -2.71. The lowest BCUT2D eigenvalue weighted by molar-refractivity contribution is -0.484. The van der Waals surface area contributed by atoms with Gasteiger partial charge < -0.3 is 14.2 Å². The lowest BCUT2D eigenvalue weighted by Gasteiger charge is -2.21. The average Bonchev–Trinajstić information content (AvgIpc) is 2.99. The number of carbonyl (C=O) groups excluding carboxylic acids is 2. The van der Waals surface area contributed by atoms with Crippen molar-refractivity contribution >= 4 is 11.9 Å². The highest BCUT2D eigenvalue weighted by Crippen LogP contribution is 2.35. The number of carbonyl (C=O) groups is 2. The van der Waals surface area contributed by atoms with E-state index in [9.17, 15) is 24.1 Å². The molecule has 1 aromatic rings. The van der Waals surface area contributed by atoms with Crippen LogP contribution in [0, 0.1) is 21.8 Å². The van der Waals surface area contributed by atoms with Gasteiger partial charge in [-0.05, 0) is 17.2 Å². The van der Waals surface area contributed by atoms with Gasteiger partial charge in [0.05, 0.1) is 26.7 Å². The van der Waals surface area contributed by atoms with Crippen LogP contribution in [-0.2, 0) is 25.5 Å². The first-order valence-electron chi connectivity index (χ1n) is 7.11. The molecule has 1 heterocycles. The van der Waals surface area contributed by atoms with Crippen LogP contribution in [0.25, 0.3) is 0 Å². The molecule has 24 heavy (non-hydrogen) atoms. The molecule has 0 aliphatic carbocycles. The molecular weight excluding hydrogens is 325 g/mol. The summed E-state index contributed by atoms with van der Waals surface area (Å²) in [7, 11) is 2.07. The molecular formula is C15H16FNO7. The number of rotatable bonds is 6. The number of halogens is 1. The van der Waals surface area contributed by atoms with Gasteiger partial charge in [0.15, 0.2) is 5.92 Å². The van der Waals surface area contributed by atoms with E-state index >= 15 is 0 Å². The van der Waals surface area contributed by atoms with Crippen LogP contribution in [0.15, 0.2) is 12.1 Å². The van der Waals surface area contributed by atoms with Gasteiger partial charge >= 0.3 is 11.9 Å². The minimum Gasteiger partial charge on any atom is -0.493 e. The Balaban J connectivity index is 2.53. The zero-order valence-corrected chi connectivity index (χ0v) is 13.1. The molecule has 0 saturated carbocycles. The number of esters is 2. The van der Waals surface area contributed by atoms with E-state index in [1.165, 1.54) is 6.07 Å². The molecule has 0 spiro atoms. The van der Waals surface area contributed by atoms with Gasteiger partial charge in [0.1, 0.15) is 11.6 Å². The molecule has 1 aromatic carbocycles. The summed E-state index contributed by atoms with van der Waals surface area (Å²) in [5, 5.41) is 11.0. The van der Waals surface area contributed by atoms with Crippen molar-refractivity contribution in [1.82, 2.24) is 0 Å². The molecule has 0 radical (unpaired) electrons. The van der Waals surface area contributed by atoms with E-state index in [1.807, 2.05) is 0 Å². The number of nitrogens with zero attached hydrogens (tertiary/aromatic N) is 1. The molecule has 0 saturated heterocycles. The second-order valence-electron chi connectivity index (χ2n) is 5.23. The number of hydrogen-bond donors (Lipinski definition) is 0. The summed E-state index contributed by atoms with van der Waals surface area (Å²) in [4.78, 5) is 34.2. The Morgan fingerprint density at radius 1 is 1.33 bits per heavy atom. The number of benzene rings is 1. The summed E-state index contributed by atoms with van der Waals surface area (Å²) >= 11 is 0. The molecule has 1 atom stereocenters. The van der Waals surface area contributed by atoms with Crippen LogP contribution in [0.3, 0.4) is 0 Å². The highest BCUT2D eigenvalue weighted by atomic mass is 19.1. The molecule has 130 valence electrons. The summed E-state index contributed by atoms with van der Waals surface area (Å²) < 4.78 is 28.8. The fourth-order valence-corrected chi connectivity index (χ4v) is 2.73. The molecule has 0 aromatic heterocycles. The summed E-state index contributed by atoms with van der Waals surface area (Å²) in [5.74, 6) is -5.48. The van der Waals surface area contributed by atoms with Crippen molar-refractivity contribution in [1.29, 1.82) is 0 Å². The highest BCUT2D eigenvalue weighted by molar-refractivity contribution is 5.96. The Bertz CT molecular complexity index is 660. The van der Waals surface area contributed by atoms with Crippen LogP contribution in [0.4, 0.5) is 4.39 Å². The second kappa shape index (κ2) is 7.24. The van der Waals surface area contributed by atoms with E-state index in [-0.39, 0.29) is 5.56 Å². The first kappa shape index (κ1) is 17.6. The molecule has 0 N–H and O–H groups in total. The van der Waals surface area contributed by atoms with Crippen LogP contribution >= 0.6 is 0 Å². The number of nitro groups is 1. The fraction of sp³-hybridized carbons (Fsp3) is 0.467. The van der Waals surface area contributed by atoms with Crippen molar-refractivity contribution in [2.24, 2.45) is 5.92 Å². The molecule has 1 aliphatic rings. The third-order valence-corrected chi connectivity index (χ3v) is 3.87. The van der Waals surface area contributed by atoms with Crippen molar-refractivity contribution in [3.8, 4) is 5.75 Å². The topological polar surface area (TPSA) is 105 Å². The Morgan fingerprint density at radius 2 is 1.96 bits per heavy atom. The van der Waals surface area contributed by atoms with Gasteiger partial charge in [0.25, 0.3) is 0 Å². The fourth-order valence-electron chi connectivity index (χ4n) is 2.73. The van der Waals surface area contributed by atoms with Crippen molar-refractivity contribution in [2.75, 3.05) is 27.4 Å². The van der Waals surface area contributed by atoms with Gasteiger partial charge in [-0.15, -0.1) is 0 Å². The highest BCUT2D eigenvalue weighted by Gasteiger charge is 2.42. The van der Waals surface area contributed by atoms with Crippen molar-refractivity contribution < 1.29 is 33.1 Å². The van der Waals surface area contributed by atoms with Crippen molar-refractivity contribution in [2.45, 2.75) is 12.3 Å². The zero-order valence-electron chi connectivity index (χ0n) is 13.1. The van der Waals surface area contributed by atoms with Crippen LogP contribution in [0.5, 0.6) is 5.75 Å². The molecule has 9 heteroatoms. The minimum absolute atomic E-state index is 0.114. The largest absolute Gasteiger partial charge is 0.493 e. The molecule has 8 nitrogen and oxygen atoms in total. The van der Waals surface area contributed by atoms with Gasteiger partial charge in [-0.2, -0.15) is 0 Å². The average molecular weight is 341 g/mol. The van der Waals surface area contributed by atoms with E-state index < -0.39 is 41.1 Å². The van der Waals surface area contributed by atoms with E-state index in [0.29, 0.717) is 24.3 Å². The maximum Gasteiger partial charge on any atom is 0.320 e. The normalized spacial score (nSPS) is 13.8. The van der Waals surface area contributed by atoms with E-state index in [4.69, 9.17) is 4.74 Å². The predicted molar refractivity (Wildman–Crippen MR) is 77.7 cm³/mol. The first-order chi connectivity index (χ1) is 11.4. The Kier molecular flexibility index (Phi) is 5.32. The molecule has 0 fully saturated rings. The third kappa shape index (κ3) is 3.44. The summed E-state index contributed by atoms with van der Waals surface area (Å²) in [5.41, 5.74) is 0.546.